The molecule has 2 atom stereocenters. The van der Waals surface area contributed by atoms with Crippen LogP contribution in [-0.4, -0.2) is 25.4 Å². The highest BCUT2D eigenvalue weighted by atomic mass is 16.5. The maximum absolute atomic E-state index is 5.62. The highest BCUT2D eigenvalue weighted by molar-refractivity contribution is 5.05. The van der Waals surface area contributed by atoms with Gasteiger partial charge in [-0.15, -0.1) is 0 Å². The molecule has 92 valence electrons. The molecule has 1 fully saturated rings. The van der Waals surface area contributed by atoms with Gasteiger partial charge in [0.05, 0.1) is 18.8 Å². The molecule has 2 rings (SSSR count). The fraction of sp³-hybridized carbons (Fsp3) is 0.833. The van der Waals surface area contributed by atoms with Crippen molar-refractivity contribution in [1.82, 2.24) is 5.43 Å². The van der Waals surface area contributed by atoms with Crippen LogP contribution in [0.2, 0.25) is 0 Å². The molecule has 0 radical (unpaired) electrons. The van der Waals surface area contributed by atoms with Gasteiger partial charge in [-0.1, -0.05) is 0 Å². The predicted molar refractivity (Wildman–Crippen MR) is 62.6 cm³/mol. The Hall–Kier alpha value is -0.580. The molecule has 0 aromatic carbocycles. The standard InChI is InChI=1S/C12H22N2O2/c13-14-11(12-5-1-2-8-16-12)7-6-10-4-3-9-15-10/h5,10-11,14H,1-4,6-9,13H2. The molecule has 2 aliphatic heterocycles. The lowest BCUT2D eigenvalue weighted by atomic mass is 10.0. The smallest absolute Gasteiger partial charge is 0.110 e. The van der Waals surface area contributed by atoms with Crippen LogP contribution < -0.4 is 11.3 Å². The van der Waals surface area contributed by atoms with Crippen molar-refractivity contribution in [2.45, 2.75) is 50.7 Å². The first-order valence-corrected chi connectivity index (χ1v) is 6.30. The molecule has 0 saturated carbocycles. The molecule has 0 aromatic heterocycles. The summed E-state index contributed by atoms with van der Waals surface area (Å²) in [6.07, 6.45) is 9.26. The summed E-state index contributed by atoms with van der Waals surface area (Å²) in [6.45, 7) is 1.74. The Balaban J connectivity index is 1.77. The van der Waals surface area contributed by atoms with E-state index in [0.29, 0.717) is 6.10 Å². The first-order valence-electron chi connectivity index (χ1n) is 6.30. The van der Waals surface area contributed by atoms with Gasteiger partial charge in [-0.3, -0.25) is 5.84 Å². The molecule has 2 unspecified atom stereocenters. The van der Waals surface area contributed by atoms with Gasteiger partial charge in [-0.2, -0.15) is 0 Å². The van der Waals surface area contributed by atoms with Crippen LogP contribution in [-0.2, 0) is 9.47 Å². The molecule has 0 amide bonds. The fourth-order valence-corrected chi connectivity index (χ4v) is 2.35. The second kappa shape index (κ2) is 6.23. The Morgan fingerprint density at radius 2 is 2.38 bits per heavy atom. The number of hydrazine groups is 1. The van der Waals surface area contributed by atoms with Gasteiger partial charge >= 0.3 is 0 Å². The highest BCUT2D eigenvalue weighted by Gasteiger charge is 2.21. The van der Waals surface area contributed by atoms with Crippen LogP contribution in [0.5, 0.6) is 0 Å². The van der Waals surface area contributed by atoms with Gasteiger partial charge in [-0.05, 0) is 44.6 Å². The Kier molecular flexibility index (Phi) is 4.63. The van der Waals surface area contributed by atoms with E-state index in [1.807, 2.05) is 0 Å². The van der Waals surface area contributed by atoms with Gasteiger partial charge in [0, 0.05) is 6.61 Å². The number of rotatable bonds is 5. The molecule has 2 aliphatic rings. The van der Waals surface area contributed by atoms with Gasteiger partial charge in [0.1, 0.15) is 5.76 Å². The van der Waals surface area contributed by atoms with Crippen molar-refractivity contribution in [3.8, 4) is 0 Å². The van der Waals surface area contributed by atoms with E-state index in [2.05, 4.69) is 11.5 Å². The summed E-state index contributed by atoms with van der Waals surface area (Å²) in [7, 11) is 0. The third-order valence-electron chi connectivity index (χ3n) is 3.31. The molecule has 2 heterocycles. The molecule has 0 aliphatic carbocycles. The zero-order valence-corrected chi connectivity index (χ0v) is 9.78. The Morgan fingerprint density at radius 3 is 3.00 bits per heavy atom. The molecule has 4 heteroatoms. The number of nitrogens with one attached hydrogen (secondary N) is 1. The number of hydrogen-bond acceptors (Lipinski definition) is 4. The first kappa shape index (κ1) is 11.9. The van der Waals surface area contributed by atoms with E-state index in [1.165, 1.54) is 12.8 Å². The SMILES string of the molecule is NNC(CCC1CCCO1)C1=CCCCO1. The largest absolute Gasteiger partial charge is 0.497 e. The van der Waals surface area contributed by atoms with Crippen molar-refractivity contribution >= 4 is 0 Å². The number of hydrogen-bond donors (Lipinski definition) is 2. The van der Waals surface area contributed by atoms with E-state index < -0.39 is 0 Å². The minimum absolute atomic E-state index is 0.157. The summed E-state index contributed by atoms with van der Waals surface area (Å²) < 4.78 is 11.2. The van der Waals surface area contributed by atoms with Gasteiger partial charge in [0.15, 0.2) is 0 Å². The van der Waals surface area contributed by atoms with Gasteiger partial charge in [0.25, 0.3) is 0 Å². The van der Waals surface area contributed by atoms with E-state index in [1.54, 1.807) is 0 Å². The zero-order chi connectivity index (χ0) is 11.2. The number of allylic oxidation sites excluding steroid dienone is 1. The summed E-state index contributed by atoms with van der Waals surface area (Å²) in [5.74, 6) is 6.60. The maximum Gasteiger partial charge on any atom is 0.110 e. The van der Waals surface area contributed by atoms with Crippen molar-refractivity contribution in [2.75, 3.05) is 13.2 Å². The van der Waals surface area contributed by atoms with Gasteiger partial charge in [-0.25, -0.2) is 5.43 Å². The fourth-order valence-electron chi connectivity index (χ4n) is 2.35. The van der Waals surface area contributed by atoms with Gasteiger partial charge < -0.3 is 9.47 Å². The summed E-state index contributed by atoms with van der Waals surface area (Å²) >= 11 is 0. The maximum atomic E-state index is 5.62. The normalized spacial score (nSPS) is 27.3. The van der Waals surface area contributed by atoms with Crippen LogP contribution in [0.3, 0.4) is 0 Å². The molecule has 0 aromatic rings. The molecule has 3 N–H and O–H groups in total. The van der Waals surface area contributed by atoms with E-state index in [0.717, 1.165) is 44.7 Å². The lowest BCUT2D eigenvalue weighted by molar-refractivity contribution is 0.0959. The lowest BCUT2D eigenvalue weighted by Gasteiger charge is -2.24. The Bertz CT molecular complexity index is 237. The molecule has 1 saturated heterocycles. The molecule has 0 bridgehead atoms. The van der Waals surface area contributed by atoms with Crippen LogP contribution >= 0.6 is 0 Å². The summed E-state index contributed by atoms with van der Waals surface area (Å²) in [6, 6.07) is 0.157. The van der Waals surface area contributed by atoms with E-state index in [4.69, 9.17) is 15.3 Å². The molecule has 4 nitrogen and oxygen atoms in total. The summed E-state index contributed by atoms with van der Waals surface area (Å²) in [5.41, 5.74) is 2.85. The van der Waals surface area contributed by atoms with Crippen LogP contribution in [0.1, 0.15) is 38.5 Å². The van der Waals surface area contributed by atoms with Crippen LogP contribution in [0.25, 0.3) is 0 Å². The third-order valence-corrected chi connectivity index (χ3v) is 3.31. The molecular weight excluding hydrogens is 204 g/mol. The monoisotopic (exact) mass is 226 g/mol. The van der Waals surface area contributed by atoms with Crippen molar-refractivity contribution in [2.24, 2.45) is 5.84 Å². The van der Waals surface area contributed by atoms with Crippen molar-refractivity contribution < 1.29 is 9.47 Å². The third kappa shape index (κ3) is 3.20. The molecule has 0 spiro atoms. The first-order chi connectivity index (χ1) is 7.90. The van der Waals surface area contributed by atoms with Crippen LogP contribution in [0, 0.1) is 0 Å². The average Bonchev–Trinajstić information content (AvgIpc) is 2.84. The number of ether oxygens (including phenoxy) is 2. The van der Waals surface area contributed by atoms with Crippen molar-refractivity contribution in [3.63, 3.8) is 0 Å². The van der Waals surface area contributed by atoms with Crippen LogP contribution in [0.4, 0.5) is 0 Å². The van der Waals surface area contributed by atoms with Crippen molar-refractivity contribution in [3.05, 3.63) is 11.8 Å². The van der Waals surface area contributed by atoms with E-state index >= 15 is 0 Å². The minimum atomic E-state index is 0.157. The second-order valence-electron chi connectivity index (χ2n) is 4.53. The predicted octanol–water partition coefficient (Wildman–Crippen LogP) is 1.47. The van der Waals surface area contributed by atoms with Gasteiger partial charge in [0.2, 0.25) is 0 Å². The molecular formula is C12H22N2O2. The minimum Gasteiger partial charge on any atom is -0.497 e. The average molecular weight is 226 g/mol. The highest BCUT2D eigenvalue weighted by Crippen LogP contribution is 2.21. The lowest BCUT2D eigenvalue weighted by Crippen LogP contribution is -2.38. The topological polar surface area (TPSA) is 56.5 Å². The zero-order valence-electron chi connectivity index (χ0n) is 9.78. The van der Waals surface area contributed by atoms with E-state index in [-0.39, 0.29) is 6.04 Å². The van der Waals surface area contributed by atoms with Crippen LogP contribution in [0.15, 0.2) is 11.8 Å². The summed E-state index contributed by atoms with van der Waals surface area (Å²) in [4.78, 5) is 0. The number of nitrogens with two attached hydrogens (primary N) is 1. The van der Waals surface area contributed by atoms with Crippen molar-refractivity contribution in [1.29, 1.82) is 0 Å². The van der Waals surface area contributed by atoms with E-state index in [9.17, 15) is 0 Å². The second-order valence-corrected chi connectivity index (χ2v) is 4.53. The molecule has 16 heavy (non-hydrogen) atoms. The Labute approximate surface area is 97.1 Å². The quantitative estimate of drug-likeness (QED) is 0.550. The summed E-state index contributed by atoms with van der Waals surface area (Å²) in [5, 5.41) is 0. The Morgan fingerprint density at radius 1 is 1.44 bits per heavy atom.